The van der Waals surface area contributed by atoms with Crippen LogP contribution in [0.1, 0.15) is 30.1 Å². The van der Waals surface area contributed by atoms with E-state index < -0.39 is 0 Å². The number of rotatable bonds is 7. The maximum absolute atomic E-state index is 12.9. The normalized spacial score (nSPS) is 14.3. The van der Waals surface area contributed by atoms with Crippen LogP contribution >= 0.6 is 0 Å². The van der Waals surface area contributed by atoms with Gasteiger partial charge in [-0.1, -0.05) is 13.3 Å². The Morgan fingerprint density at radius 2 is 1.76 bits per heavy atom. The van der Waals surface area contributed by atoms with E-state index in [1.165, 1.54) is 0 Å². The topological polar surface area (TPSA) is 55.9 Å². The molecular formula is C19H30N4O2. The Morgan fingerprint density at radius 1 is 1.12 bits per heavy atom. The Morgan fingerprint density at radius 3 is 2.32 bits per heavy atom. The molecular weight excluding hydrogens is 316 g/mol. The average molecular weight is 346 g/mol. The zero-order chi connectivity index (χ0) is 18.2. The first-order chi connectivity index (χ1) is 12.0. The Kier molecular flexibility index (Phi) is 7.25. The van der Waals surface area contributed by atoms with Crippen LogP contribution in [-0.2, 0) is 4.79 Å². The van der Waals surface area contributed by atoms with E-state index in [0.29, 0.717) is 25.2 Å². The maximum Gasteiger partial charge on any atom is 0.254 e. The molecule has 1 aromatic rings. The molecule has 1 aromatic carbocycles. The van der Waals surface area contributed by atoms with E-state index in [-0.39, 0.29) is 18.4 Å². The van der Waals surface area contributed by atoms with Gasteiger partial charge in [-0.3, -0.25) is 9.59 Å². The average Bonchev–Trinajstić information content (AvgIpc) is 2.65. The fourth-order valence-corrected chi connectivity index (χ4v) is 2.86. The van der Waals surface area contributed by atoms with Crippen molar-refractivity contribution in [3.63, 3.8) is 0 Å². The fraction of sp³-hybridized carbons (Fsp3) is 0.579. The van der Waals surface area contributed by atoms with Crippen molar-refractivity contribution in [2.75, 3.05) is 58.3 Å². The molecule has 2 amide bonds. The predicted octanol–water partition coefficient (Wildman–Crippen LogP) is 1.43. The minimum atomic E-state index is -0.0674. The smallest absolute Gasteiger partial charge is 0.254 e. The van der Waals surface area contributed by atoms with E-state index in [2.05, 4.69) is 12.2 Å². The number of hydrogen-bond donors (Lipinski definition) is 1. The van der Waals surface area contributed by atoms with Gasteiger partial charge < -0.3 is 20.0 Å². The van der Waals surface area contributed by atoms with E-state index in [1.54, 1.807) is 4.90 Å². The number of nitrogens with one attached hydrogen (secondary N) is 1. The fourth-order valence-electron chi connectivity index (χ4n) is 2.86. The lowest BCUT2D eigenvalue weighted by Gasteiger charge is -2.30. The molecule has 0 aromatic heterocycles. The molecule has 6 nitrogen and oxygen atoms in total. The number of carbonyl (C=O) groups excluding carboxylic acids is 2. The molecule has 0 bridgehead atoms. The van der Waals surface area contributed by atoms with E-state index in [0.717, 1.165) is 31.6 Å². The highest BCUT2D eigenvalue weighted by atomic mass is 16.2. The van der Waals surface area contributed by atoms with Crippen LogP contribution in [0.3, 0.4) is 0 Å². The van der Waals surface area contributed by atoms with Crippen molar-refractivity contribution in [3.8, 4) is 0 Å². The molecule has 0 unspecified atom stereocenters. The second-order valence-corrected chi connectivity index (χ2v) is 6.65. The van der Waals surface area contributed by atoms with E-state index in [4.69, 9.17) is 0 Å². The minimum absolute atomic E-state index is 0.0378. The van der Waals surface area contributed by atoms with Crippen LogP contribution in [0, 0.1) is 0 Å². The summed E-state index contributed by atoms with van der Waals surface area (Å²) < 4.78 is 0. The van der Waals surface area contributed by atoms with Crippen molar-refractivity contribution in [2.24, 2.45) is 0 Å². The van der Waals surface area contributed by atoms with Crippen LogP contribution in [-0.4, -0.2) is 75.0 Å². The third kappa shape index (κ3) is 5.46. The molecule has 1 aliphatic rings. The standard InChI is InChI=1S/C19H30N4O2/c1-4-5-12-23(15-18(24)22-13-10-20-11-14-22)19(25)16-6-8-17(9-7-16)21(2)3/h6-9,20H,4-5,10-15H2,1-3H3. The van der Waals surface area contributed by atoms with Gasteiger partial charge in [0.05, 0.1) is 0 Å². The van der Waals surface area contributed by atoms with Gasteiger partial charge in [0.15, 0.2) is 0 Å². The van der Waals surface area contributed by atoms with Gasteiger partial charge in [-0.25, -0.2) is 0 Å². The quantitative estimate of drug-likeness (QED) is 0.811. The van der Waals surface area contributed by atoms with Gasteiger partial charge >= 0.3 is 0 Å². The summed E-state index contributed by atoms with van der Waals surface area (Å²) in [5.74, 6) is -0.0295. The van der Waals surface area contributed by atoms with Crippen LogP contribution < -0.4 is 10.2 Å². The summed E-state index contributed by atoms with van der Waals surface area (Å²) in [5, 5.41) is 3.24. The molecule has 0 spiro atoms. The van der Waals surface area contributed by atoms with Crippen molar-refractivity contribution in [1.29, 1.82) is 0 Å². The molecule has 0 aliphatic carbocycles. The Balaban J connectivity index is 2.06. The first-order valence-corrected chi connectivity index (χ1v) is 9.08. The molecule has 0 radical (unpaired) electrons. The first kappa shape index (κ1) is 19.2. The van der Waals surface area contributed by atoms with E-state index >= 15 is 0 Å². The van der Waals surface area contributed by atoms with Gasteiger partial charge in [-0.2, -0.15) is 0 Å². The second kappa shape index (κ2) is 9.42. The summed E-state index contributed by atoms with van der Waals surface area (Å²) in [4.78, 5) is 31.0. The third-order valence-corrected chi connectivity index (χ3v) is 4.50. The molecule has 138 valence electrons. The largest absolute Gasteiger partial charge is 0.378 e. The van der Waals surface area contributed by atoms with E-state index in [9.17, 15) is 9.59 Å². The SMILES string of the molecule is CCCCN(CC(=O)N1CCNCC1)C(=O)c1ccc(N(C)C)cc1. The number of hydrogen-bond acceptors (Lipinski definition) is 4. The molecule has 1 fully saturated rings. The summed E-state index contributed by atoms with van der Waals surface area (Å²) in [6.07, 6.45) is 1.89. The van der Waals surface area contributed by atoms with Crippen molar-refractivity contribution in [1.82, 2.24) is 15.1 Å². The number of benzene rings is 1. The lowest BCUT2D eigenvalue weighted by Crippen LogP contribution is -2.50. The van der Waals surface area contributed by atoms with Gasteiger partial charge in [-0.15, -0.1) is 0 Å². The molecule has 6 heteroatoms. The van der Waals surface area contributed by atoms with Crippen LogP contribution in [0.4, 0.5) is 5.69 Å². The molecule has 2 rings (SSSR count). The third-order valence-electron chi connectivity index (χ3n) is 4.50. The molecule has 1 N–H and O–H groups in total. The summed E-state index contributed by atoms with van der Waals surface area (Å²) in [7, 11) is 3.94. The number of amides is 2. The lowest BCUT2D eigenvalue weighted by molar-refractivity contribution is -0.132. The number of carbonyl (C=O) groups is 2. The zero-order valence-corrected chi connectivity index (χ0v) is 15.6. The molecule has 1 saturated heterocycles. The van der Waals surface area contributed by atoms with Crippen molar-refractivity contribution < 1.29 is 9.59 Å². The number of anilines is 1. The first-order valence-electron chi connectivity index (χ1n) is 9.08. The predicted molar refractivity (Wildman–Crippen MR) is 101 cm³/mol. The van der Waals surface area contributed by atoms with Gasteiger partial charge in [0, 0.05) is 58.1 Å². The summed E-state index contributed by atoms with van der Waals surface area (Å²) >= 11 is 0. The summed E-state index contributed by atoms with van der Waals surface area (Å²) in [6.45, 7) is 5.93. The number of piperazine rings is 1. The van der Waals surface area contributed by atoms with Crippen molar-refractivity contribution >= 4 is 17.5 Å². The van der Waals surface area contributed by atoms with Crippen LogP contribution in [0.15, 0.2) is 24.3 Å². The highest BCUT2D eigenvalue weighted by Crippen LogP contribution is 2.14. The molecule has 0 atom stereocenters. The highest BCUT2D eigenvalue weighted by molar-refractivity contribution is 5.96. The molecule has 25 heavy (non-hydrogen) atoms. The van der Waals surface area contributed by atoms with Crippen LogP contribution in [0.5, 0.6) is 0 Å². The molecule has 1 heterocycles. The Labute approximate surface area is 150 Å². The Hall–Kier alpha value is -2.08. The number of unbranched alkanes of at least 4 members (excludes halogenated alkanes) is 1. The zero-order valence-electron chi connectivity index (χ0n) is 15.6. The molecule has 1 aliphatic heterocycles. The molecule has 0 saturated carbocycles. The summed E-state index contributed by atoms with van der Waals surface area (Å²) in [6, 6.07) is 7.55. The van der Waals surface area contributed by atoms with Crippen molar-refractivity contribution in [3.05, 3.63) is 29.8 Å². The van der Waals surface area contributed by atoms with Gasteiger partial charge in [0.1, 0.15) is 6.54 Å². The highest BCUT2D eigenvalue weighted by Gasteiger charge is 2.23. The maximum atomic E-state index is 12.9. The monoisotopic (exact) mass is 346 g/mol. The van der Waals surface area contributed by atoms with Crippen molar-refractivity contribution in [2.45, 2.75) is 19.8 Å². The van der Waals surface area contributed by atoms with Gasteiger partial charge in [0.2, 0.25) is 5.91 Å². The van der Waals surface area contributed by atoms with Crippen LogP contribution in [0.2, 0.25) is 0 Å². The van der Waals surface area contributed by atoms with Gasteiger partial charge in [-0.05, 0) is 30.7 Å². The van der Waals surface area contributed by atoms with Gasteiger partial charge in [0.25, 0.3) is 5.91 Å². The van der Waals surface area contributed by atoms with E-state index in [1.807, 2.05) is 48.2 Å². The lowest BCUT2D eigenvalue weighted by atomic mass is 10.1. The second-order valence-electron chi connectivity index (χ2n) is 6.65. The summed E-state index contributed by atoms with van der Waals surface area (Å²) in [5.41, 5.74) is 1.68. The number of nitrogens with zero attached hydrogens (tertiary/aromatic N) is 3. The minimum Gasteiger partial charge on any atom is -0.378 e. The Bertz CT molecular complexity index is 565. The van der Waals surface area contributed by atoms with Crippen LogP contribution in [0.25, 0.3) is 0 Å².